The number of para-hydroxylation sites is 1. The van der Waals surface area contributed by atoms with Gasteiger partial charge in [0.1, 0.15) is 0 Å². The van der Waals surface area contributed by atoms with Crippen LogP contribution in [0.3, 0.4) is 0 Å². The van der Waals surface area contributed by atoms with Crippen LogP contribution >= 0.6 is 0 Å². The number of nitrogens with zero attached hydrogens (tertiary/aromatic N) is 1. The first kappa shape index (κ1) is 18.4. The van der Waals surface area contributed by atoms with Crippen LogP contribution < -0.4 is 5.32 Å². The summed E-state index contributed by atoms with van der Waals surface area (Å²) in [5, 5.41) is 9.38. The molecule has 0 fully saturated rings. The van der Waals surface area contributed by atoms with Gasteiger partial charge in [-0.1, -0.05) is 24.3 Å². The molecule has 6 nitrogen and oxygen atoms in total. The second-order valence-electron chi connectivity index (χ2n) is 5.73. The van der Waals surface area contributed by atoms with Gasteiger partial charge in [0, 0.05) is 11.1 Å². The van der Waals surface area contributed by atoms with E-state index in [1.165, 1.54) is 19.1 Å². The summed E-state index contributed by atoms with van der Waals surface area (Å²) in [7, 11) is 0. The highest BCUT2D eigenvalue weighted by Gasteiger charge is 2.30. The Morgan fingerprint density at radius 1 is 1.15 bits per heavy atom. The van der Waals surface area contributed by atoms with Gasteiger partial charge in [-0.25, -0.2) is 4.79 Å². The van der Waals surface area contributed by atoms with E-state index < -0.39 is 29.7 Å². The van der Waals surface area contributed by atoms with E-state index in [9.17, 15) is 22.8 Å². The summed E-state index contributed by atoms with van der Waals surface area (Å²) < 4.78 is 43.3. The Bertz CT molecular complexity index is 998. The fourth-order valence-corrected chi connectivity index (χ4v) is 2.41. The maximum absolute atomic E-state index is 12.7. The summed E-state index contributed by atoms with van der Waals surface area (Å²) in [5.74, 6) is -1.58. The summed E-state index contributed by atoms with van der Waals surface area (Å²) in [5.41, 5.74) is -0.300. The SMILES string of the molecule is CC(OC(=O)c1n[nH]c2ccccc12)C(=O)Nc1cccc(C(F)(F)F)c1. The lowest BCUT2D eigenvalue weighted by atomic mass is 10.2. The average Bonchev–Trinajstić information content (AvgIpc) is 3.05. The Labute approximate surface area is 151 Å². The second kappa shape index (κ2) is 7.10. The molecule has 3 aromatic rings. The monoisotopic (exact) mass is 377 g/mol. The number of aromatic nitrogens is 2. The normalized spacial score (nSPS) is 12.6. The molecule has 9 heteroatoms. The molecule has 3 rings (SSSR count). The molecule has 1 aromatic heterocycles. The van der Waals surface area contributed by atoms with Gasteiger partial charge in [0.15, 0.2) is 11.8 Å². The van der Waals surface area contributed by atoms with Crippen molar-refractivity contribution in [3.8, 4) is 0 Å². The third-order valence-corrected chi connectivity index (χ3v) is 3.77. The molecule has 140 valence electrons. The highest BCUT2D eigenvalue weighted by Crippen LogP contribution is 2.30. The molecule has 1 atom stereocenters. The summed E-state index contributed by atoms with van der Waals surface area (Å²) >= 11 is 0. The molecule has 2 N–H and O–H groups in total. The third kappa shape index (κ3) is 4.08. The lowest BCUT2D eigenvalue weighted by Gasteiger charge is -2.14. The number of ether oxygens (including phenoxy) is 1. The molecule has 0 saturated carbocycles. The largest absolute Gasteiger partial charge is 0.448 e. The van der Waals surface area contributed by atoms with Crippen LogP contribution in [0.1, 0.15) is 23.0 Å². The van der Waals surface area contributed by atoms with Crippen LogP contribution in [-0.4, -0.2) is 28.2 Å². The number of carbonyl (C=O) groups is 2. The second-order valence-corrected chi connectivity index (χ2v) is 5.73. The number of benzene rings is 2. The van der Waals surface area contributed by atoms with Gasteiger partial charge in [-0.05, 0) is 31.2 Å². The summed E-state index contributed by atoms with van der Waals surface area (Å²) in [6, 6.07) is 11.0. The molecule has 27 heavy (non-hydrogen) atoms. The maximum Gasteiger partial charge on any atom is 0.416 e. The Morgan fingerprint density at radius 2 is 1.89 bits per heavy atom. The zero-order chi connectivity index (χ0) is 19.6. The summed E-state index contributed by atoms with van der Waals surface area (Å²) in [6.07, 6.45) is -5.76. The Kier molecular flexibility index (Phi) is 4.85. The molecule has 0 aliphatic carbocycles. The van der Waals surface area contributed by atoms with Crippen molar-refractivity contribution in [3.05, 3.63) is 59.8 Å². The lowest BCUT2D eigenvalue weighted by molar-refractivity contribution is -0.137. The van der Waals surface area contributed by atoms with Crippen molar-refractivity contribution < 1.29 is 27.5 Å². The number of alkyl halides is 3. The predicted octanol–water partition coefficient (Wildman–Crippen LogP) is 3.77. The Morgan fingerprint density at radius 3 is 2.63 bits per heavy atom. The van der Waals surface area contributed by atoms with Gasteiger partial charge in [0.25, 0.3) is 5.91 Å². The number of amides is 1. The van der Waals surface area contributed by atoms with E-state index in [1.54, 1.807) is 24.3 Å². The van der Waals surface area contributed by atoms with Gasteiger partial charge in [-0.2, -0.15) is 18.3 Å². The van der Waals surface area contributed by atoms with E-state index in [0.717, 1.165) is 12.1 Å². The van der Waals surface area contributed by atoms with Crippen molar-refractivity contribution in [3.63, 3.8) is 0 Å². The van der Waals surface area contributed by atoms with Gasteiger partial charge in [-0.15, -0.1) is 0 Å². The molecule has 2 aromatic carbocycles. The van der Waals surface area contributed by atoms with E-state index in [-0.39, 0.29) is 11.4 Å². The van der Waals surface area contributed by atoms with Gasteiger partial charge in [-0.3, -0.25) is 9.89 Å². The molecule has 0 aliphatic heterocycles. The number of fused-ring (bicyclic) bond motifs is 1. The van der Waals surface area contributed by atoms with Crippen LogP contribution in [0, 0.1) is 0 Å². The number of carbonyl (C=O) groups excluding carboxylic acids is 2. The highest BCUT2D eigenvalue weighted by molar-refractivity contribution is 6.03. The number of aromatic amines is 1. The molecule has 1 unspecified atom stereocenters. The number of H-pyrrole nitrogens is 1. The van der Waals surface area contributed by atoms with Crippen molar-refractivity contribution in [2.24, 2.45) is 0 Å². The standard InChI is InChI=1S/C18H14F3N3O3/c1-10(16(25)22-12-6-4-5-11(9-12)18(19,20)21)27-17(26)15-13-7-2-3-8-14(13)23-24-15/h2-10H,1H3,(H,22,25)(H,23,24). The molecular formula is C18H14F3N3O3. The van der Waals surface area contributed by atoms with Crippen molar-refractivity contribution in [2.75, 3.05) is 5.32 Å². The lowest BCUT2D eigenvalue weighted by Crippen LogP contribution is -2.30. The average molecular weight is 377 g/mol. The van der Waals surface area contributed by atoms with Gasteiger partial charge >= 0.3 is 12.1 Å². The number of hydrogen-bond donors (Lipinski definition) is 2. The third-order valence-electron chi connectivity index (χ3n) is 3.77. The smallest absolute Gasteiger partial charge is 0.416 e. The topological polar surface area (TPSA) is 84.1 Å². The first-order valence-electron chi connectivity index (χ1n) is 7.88. The molecule has 0 spiro atoms. The zero-order valence-electron chi connectivity index (χ0n) is 14.0. The van der Waals surface area contributed by atoms with Crippen LogP contribution in [0.15, 0.2) is 48.5 Å². The van der Waals surface area contributed by atoms with Crippen molar-refractivity contribution in [2.45, 2.75) is 19.2 Å². The first-order chi connectivity index (χ1) is 12.8. The highest BCUT2D eigenvalue weighted by atomic mass is 19.4. The van der Waals surface area contributed by atoms with E-state index in [1.807, 2.05) is 0 Å². The van der Waals surface area contributed by atoms with E-state index >= 15 is 0 Å². The number of anilines is 1. The molecule has 1 amide bonds. The fraction of sp³-hybridized carbons (Fsp3) is 0.167. The van der Waals surface area contributed by atoms with Crippen LogP contribution in [0.5, 0.6) is 0 Å². The van der Waals surface area contributed by atoms with Crippen molar-refractivity contribution in [1.82, 2.24) is 10.2 Å². The Hall–Kier alpha value is -3.36. The van der Waals surface area contributed by atoms with Crippen LogP contribution in [0.25, 0.3) is 10.9 Å². The van der Waals surface area contributed by atoms with Crippen molar-refractivity contribution in [1.29, 1.82) is 0 Å². The maximum atomic E-state index is 12.7. The quantitative estimate of drug-likeness (QED) is 0.678. The summed E-state index contributed by atoms with van der Waals surface area (Å²) in [4.78, 5) is 24.4. The van der Waals surface area contributed by atoms with Gasteiger partial charge in [0.2, 0.25) is 0 Å². The number of halogens is 3. The molecule has 0 bridgehead atoms. The molecule has 1 heterocycles. The number of hydrogen-bond acceptors (Lipinski definition) is 4. The van der Waals surface area contributed by atoms with Gasteiger partial charge in [0.05, 0.1) is 11.1 Å². The predicted molar refractivity (Wildman–Crippen MR) is 91.0 cm³/mol. The minimum Gasteiger partial charge on any atom is -0.448 e. The van der Waals surface area contributed by atoms with Crippen LogP contribution in [0.4, 0.5) is 18.9 Å². The van der Waals surface area contributed by atoms with Crippen LogP contribution in [-0.2, 0) is 15.7 Å². The summed E-state index contributed by atoms with van der Waals surface area (Å²) in [6.45, 7) is 1.32. The van der Waals surface area contributed by atoms with E-state index in [0.29, 0.717) is 10.9 Å². The zero-order valence-corrected chi connectivity index (χ0v) is 14.0. The number of nitrogens with one attached hydrogen (secondary N) is 2. The number of esters is 1. The van der Waals surface area contributed by atoms with Crippen LogP contribution in [0.2, 0.25) is 0 Å². The first-order valence-corrected chi connectivity index (χ1v) is 7.88. The molecular weight excluding hydrogens is 363 g/mol. The van der Waals surface area contributed by atoms with E-state index in [4.69, 9.17) is 4.74 Å². The van der Waals surface area contributed by atoms with E-state index in [2.05, 4.69) is 15.5 Å². The van der Waals surface area contributed by atoms with Gasteiger partial charge < -0.3 is 10.1 Å². The molecule has 0 saturated heterocycles. The Balaban J connectivity index is 1.68. The fourth-order valence-electron chi connectivity index (χ4n) is 2.41. The minimum absolute atomic E-state index is 0.0179. The molecule has 0 aliphatic rings. The van der Waals surface area contributed by atoms with Crippen molar-refractivity contribution >= 4 is 28.5 Å². The molecule has 0 radical (unpaired) electrons. The minimum atomic E-state index is -4.53. The number of rotatable bonds is 4.